The molecule has 0 spiro atoms. The van der Waals surface area contributed by atoms with Crippen molar-refractivity contribution in [2.24, 2.45) is 0 Å². The zero-order chi connectivity index (χ0) is 13.2. The third-order valence-corrected chi connectivity index (χ3v) is 4.20. The highest BCUT2D eigenvalue weighted by molar-refractivity contribution is 5.81. The van der Waals surface area contributed by atoms with Gasteiger partial charge in [0.25, 0.3) is 0 Å². The maximum absolute atomic E-state index is 5.28. The first-order chi connectivity index (χ1) is 9.28. The summed E-state index contributed by atoms with van der Waals surface area (Å²) in [6.07, 6.45) is 4.90. The molecule has 3 nitrogen and oxygen atoms in total. The monoisotopic (exact) mass is 258 g/mol. The van der Waals surface area contributed by atoms with Gasteiger partial charge < -0.3 is 9.30 Å². The fourth-order valence-corrected chi connectivity index (χ4v) is 3.05. The zero-order valence-electron chi connectivity index (χ0n) is 11.8. The standard InChI is InChI=1S/C16H22N2O/c1-13(17-8-3-4-9-17)12-18-10-7-14-11-15(19-2)5-6-16(14)18/h5-7,10-11,13H,3-4,8-9,12H2,1-2H3/t13-/m1/s1. The lowest BCUT2D eigenvalue weighted by Gasteiger charge is -2.24. The number of fused-ring (bicyclic) bond motifs is 1. The Balaban J connectivity index is 1.80. The van der Waals surface area contributed by atoms with E-state index in [1.165, 1.54) is 36.8 Å². The first kappa shape index (κ1) is 12.5. The third-order valence-electron chi connectivity index (χ3n) is 4.20. The lowest BCUT2D eigenvalue weighted by Crippen LogP contribution is -2.33. The molecule has 1 atom stereocenters. The lowest BCUT2D eigenvalue weighted by molar-refractivity contribution is 0.237. The van der Waals surface area contributed by atoms with Crippen molar-refractivity contribution in [3.8, 4) is 5.75 Å². The number of rotatable bonds is 4. The van der Waals surface area contributed by atoms with Crippen LogP contribution in [0, 0.1) is 0 Å². The molecule has 0 saturated carbocycles. The van der Waals surface area contributed by atoms with Crippen molar-refractivity contribution in [2.75, 3.05) is 20.2 Å². The summed E-state index contributed by atoms with van der Waals surface area (Å²) in [6.45, 7) is 5.92. The van der Waals surface area contributed by atoms with Gasteiger partial charge in [-0.3, -0.25) is 4.90 Å². The van der Waals surface area contributed by atoms with Gasteiger partial charge in [0, 0.05) is 29.7 Å². The molecule has 0 unspecified atom stereocenters. The molecular weight excluding hydrogens is 236 g/mol. The Hall–Kier alpha value is -1.48. The molecule has 0 aliphatic carbocycles. The Morgan fingerprint density at radius 3 is 2.74 bits per heavy atom. The van der Waals surface area contributed by atoms with E-state index in [0.717, 1.165) is 12.3 Å². The number of methoxy groups -OCH3 is 1. The van der Waals surface area contributed by atoms with Crippen LogP contribution in [0.5, 0.6) is 5.75 Å². The highest BCUT2D eigenvalue weighted by atomic mass is 16.5. The molecular formula is C16H22N2O. The van der Waals surface area contributed by atoms with Crippen LogP contribution in [0.25, 0.3) is 10.9 Å². The van der Waals surface area contributed by atoms with Gasteiger partial charge in [-0.1, -0.05) is 0 Å². The van der Waals surface area contributed by atoms with Crippen LogP contribution in [-0.2, 0) is 6.54 Å². The Morgan fingerprint density at radius 1 is 1.21 bits per heavy atom. The third kappa shape index (κ3) is 2.47. The van der Waals surface area contributed by atoms with Gasteiger partial charge in [0.1, 0.15) is 5.75 Å². The summed E-state index contributed by atoms with van der Waals surface area (Å²) in [5.41, 5.74) is 1.30. The highest BCUT2D eigenvalue weighted by Crippen LogP contribution is 2.23. The van der Waals surface area contributed by atoms with Crippen LogP contribution in [0.3, 0.4) is 0 Å². The van der Waals surface area contributed by atoms with Crippen LogP contribution in [-0.4, -0.2) is 35.7 Å². The number of ether oxygens (including phenoxy) is 1. The molecule has 1 aliphatic heterocycles. The number of benzene rings is 1. The molecule has 0 bridgehead atoms. The first-order valence-electron chi connectivity index (χ1n) is 7.15. The van der Waals surface area contributed by atoms with Gasteiger partial charge in [-0.15, -0.1) is 0 Å². The van der Waals surface area contributed by atoms with Gasteiger partial charge in [0.15, 0.2) is 0 Å². The maximum Gasteiger partial charge on any atom is 0.119 e. The SMILES string of the molecule is COc1ccc2c(ccn2C[C@@H](C)N2CCCC2)c1. The van der Waals surface area contributed by atoms with Gasteiger partial charge in [-0.25, -0.2) is 0 Å². The van der Waals surface area contributed by atoms with Crippen LogP contribution in [0.1, 0.15) is 19.8 Å². The number of hydrogen-bond acceptors (Lipinski definition) is 2. The van der Waals surface area contributed by atoms with Crippen molar-refractivity contribution in [1.82, 2.24) is 9.47 Å². The molecule has 102 valence electrons. The van der Waals surface area contributed by atoms with E-state index < -0.39 is 0 Å². The van der Waals surface area contributed by atoms with Gasteiger partial charge in [-0.2, -0.15) is 0 Å². The van der Waals surface area contributed by atoms with E-state index in [9.17, 15) is 0 Å². The van der Waals surface area contributed by atoms with E-state index in [0.29, 0.717) is 6.04 Å². The fraction of sp³-hybridized carbons (Fsp3) is 0.500. The Bertz CT molecular complexity index is 555. The van der Waals surface area contributed by atoms with Crippen LogP contribution in [0.4, 0.5) is 0 Å². The summed E-state index contributed by atoms with van der Waals surface area (Å²) in [5, 5.41) is 1.26. The normalized spacial score (nSPS) is 18.0. The van der Waals surface area contributed by atoms with E-state index in [2.05, 4.69) is 40.8 Å². The summed E-state index contributed by atoms with van der Waals surface area (Å²) in [4.78, 5) is 2.59. The number of likely N-dealkylation sites (tertiary alicyclic amines) is 1. The predicted octanol–water partition coefficient (Wildman–Crippen LogP) is 3.13. The Morgan fingerprint density at radius 2 is 2.00 bits per heavy atom. The summed E-state index contributed by atoms with van der Waals surface area (Å²) < 4.78 is 7.64. The zero-order valence-corrected chi connectivity index (χ0v) is 11.8. The molecule has 1 aliphatic rings. The van der Waals surface area contributed by atoms with Crippen molar-refractivity contribution in [1.29, 1.82) is 0 Å². The van der Waals surface area contributed by atoms with Crippen LogP contribution < -0.4 is 4.74 Å². The van der Waals surface area contributed by atoms with Crippen LogP contribution >= 0.6 is 0 Å². The van der Waals surface area contributed by atoms with Crippen molar-refractivity contribution >= 4 is 10.9 Å². The van der Waals surface area contributed by atoms with E-state index >= 15 is 0 Å². The molecule has 1 aromatic heterocycles. The van der Waals surface area contributed by atoms with Crippen LogP contribution in [0.15, 0.2) is 30.5 Å². The molecule has 19 heavy (non-hydrogen) atoms. The van der Waals surface area contributed by atoms with E-state index in [1.54, 1.807) is 7.11 Å². The van der Waals surface area contributed by atoms with Gasteiger partial charge >= 0.3 is 0 Å². The molecule has 0 N–H and O–H groups in total. The summed E-state index contributed by atoms with van der Waals surface area (Å²) in [5.74, 6) is 0.929. The smallest absolute Gasteiger partial charge is 0.119 e. The molecule has 1 fully saturated rings. The van der Waals surface area contributed by atoms with Gasteiger partial charge in [0.2, 0.25) is 0 Å². The molecule has 3 rings (SSSR count). The number of nitrogens with zero attached hydrogens (tertiary/aromatic N) is 2. The maximum atomic E-state index is 5.28. The average molecular weight is 258 g/mol. The van der Waals surface area contributed by atoms with Crippen LogP contribution in [0.2, 0.25) is 0 Å². The topological polar surface area (TPSA) is 17.4 Å². The first-order valence-corrected chi connectivity index (χ1v) is 7.15. The molecule has 1 saturated heterocycles. The molecule has 2 heterocycles. The predicted molar refractivity (Wildman–Crippen MR) is 78.8 cm³/mol. The minimum absolute atomic E-state index is 0.611. The van der Waals surface area contributed by atoms with Crippen molar-refractivity contribution in [3.05, 3.63) is 30.5 Å². The lowest BCUT2D eigenvalue weighted by atomic mass is 10.2. The van der Waals surface area contributed by atoms with Gasteiger partial charge in [-0.05, 0) is 57.1 Å². The second kappa shape index (κ2) is 5.25. The van der Waals surface area contributed by atoms with Gasteiger partial charge in [0.05, 0.1) is 7.11 Å². The Kier molecular flexibility index (Phi) is 3.47. The van der Waals surface area contributed by atoms with E-state index in [-0.39, 0.29) is 0 Å². The number of aromatic nitrogens is 1. The van der Waals surface area contributed by atoms with E-state index in [1.807, 2.05) is 6.07 Å². The molecule has 0 amide bonds. The van der Waals surface area contributed by atoms with Crippen molar-refractivity contribution in [3.63, 3.8) is 0 Å². The molecule has 2 aromatic rings. The average Bonchev–Trinajstić information content (AvgIpc) is 3.08. The summed E-state index contributed by atoms with van der Waals surface area (Å²) >= 11 is 0. The molecule has 1 aromatic carbocycles. The number of hydrogen-bond donors (Lipinski definition) is 0. The summed E-state index contributed by atoms with van der Waals surface area (Å²) in [6, 6.07) is 9.09. The second-order valence-corrected chi connectivity index (χ2v) is 5.48. The highest BCUT2D eigenvalue weighted by Gasteiger charge is 2.18. The summed E-state index contributed by atoms with van der Waals surface area (Å²) in [7, 11) is 1.72. The minimum atomic E-state index is 0.611. The van der Waals surface area contributed by atoms with E-state index in [4.69, 9.17) is 4.74 Å². The second-order valence-electron chi connectivity index (χ2n) is 5.48. The minimum Gasteiger partial charge on any atom is -0.497 e. The molecule has 3 heteroatoms. The largest absolute Gasteiger partial charge is 0.497 e. The van der Waals surface area contributed by atoms with Crippen molar-refractivity contribution < 1.29 is 4.74 Å². The molecule has 0 radical (unpaired) electrons. The quantitative estimate of drug-likeness (QED) is 0.838. The Labute approximate surface area is 114 Å². The van der Waals surface area contributed by atoms with Crippen molar-refractivity contribution in [2.45, 2.75) is 32.4 Å². The fourth-order valence-electron chi connectivity index (χ4n) is 3.05.